The summed E-state index contributed by atoms with van der Waals surface area (Å²) in [6, 6.07) is 9.71. The van der Waals surface area contributed by atoms with Crippen LogP contribution >= 0.6 is 15.9 Å². The molecule has 0 bridgehead atoms. The fourth-order valence-electron chi connectivity index (χ4n) is 1.48. The minimum atomic E-state index is 0.135. The van der Waals surface area contributed by atoms with Gasteiger partial charge in [-0.25, -0.2) is 0 Å². The Hall–Kier alpha value is -1.03. The number of unbranched alkanes of at least 4 members (excludes halogenated alkanes) is 1. The second kappa shape index (κ2) is 9.95. The maximum atomic E-state index is 11.4. The number of amides is 1. The van der Waals surface area contributed by atoms with Gasteiger partial charge in [0.05, 0.1) is 6.61 Å². The van der Waals surface area contributed by atoms with Crippen molar-refractivity contribution < 1.29 is 9.53 Å². The molecule has 1 amide bonds. The van der Waals surface area contributed by atoms with Crippen LogP contribution in [0, 0.1) is 0 Å². The second-order valence-corrected chi connectivity index (χ2v) is 4.80. The standard InChI is InChI=1S/C14H20BrNO2/c15-10-5-4-9-14(17)16-11-6-12-18-13-7-2-1-3-8-13/h1-3,7-8H,4-6,9-12H2,(H,16,17). The van der Waals surface area contributed by atoms with Crippen molar-refractivity contribution in [3.63, 3.8) is 0 Å². The molecule has 3 nitrogen and oxygen atoms in total. The summed E-state index contributed by atoms with van der Waals surface area (Å²) < 4.78 is 5.53. The van der Waals surface area contributed by atoms with Gasteiger partial charge in [-0.15, -0.1) is 0 Å². The zero-order valence-corrected chi connectivity index (χ0v) is 12.1. The molecule has 1 aromatic rings. The van der Waals surface area contributed by atoms with Crippen LogP contribution in [0.3, 0.4) is 0 Å². The number of ether oxygens (including phenoxy) is 1. The summed E-state index contributed by atoms with van der Waals surface area (Å²) in [5, 5.41) is 3.86. The van der Waals surface area contributed by atoms with E-state index in [0.717, 1.165) is 30.3 Å². The van der Waals surface area contributed by atoms with Crippen LogP contribution in [0.2, 0.25) is 0 Å². The number of nitrogens with one attached hydrogen (secondary N) is 1. The zero-order valence-electron chi connectivity index (χ0n) is 10.5. The first kappa shape index (κ1) is 15.0. The van der Waals surface area contributed by atoms with E-state index in [0.29, 0.717) is 19.6 Å². The lowest BCUT2D eigenvalue weighted by Crippen LogP contribution is -2.25. The number of para-hydroxylation sites is 1. The summed E-state index contributed by atoms with van der Waals surface area (Å²) in [6.07, 6.45) is 3.44. The average molecular weight is 314 g/mol. The molecule has 0 aliphatic carbocycles. The number of carbonyl (C=O) groups excluding carboxylic acids is 1. The summed E-state index contributed by atoms with van der Waals surface area (Å²) in [4.78, 5) is 11.4. The van der Waals surface area contributed by atoms with Crippen molar-refractivity contribution >= 4 is 21.8 Å². The Morgan fingerprint density at radius 3 is 2.67 bits per heavy atom. The molecular weight excluding hydrogens is 294 g/mol. The van der Waals surface area contributed by atoms with Crippen molar-refractivity contribution in [1.29, 1.82) is 0 Å². The van der Waals surface area contributed by atoms with Crippen LogP contribution in [-0.4, -0.2) is 24.4 Å². The van der Waals surface area contributed by atoms with E-state index in [9.17, 15) is 4.79 Å². The van der Waals surface area contributed by atoms with E-state index in [1.54, 1.807) is 0 Å². The molecule has 0 atom stereocenters. The molecule has 0 radical (unpaired) electrons. The lowest BCUT2D eigenvalue weighted by Gasteiger charge is -2.07. The number of carbonyl (C=O) groups is 1. The molecule has 0 unspecified atom stereocenters. The zero-order chi connectivity index (χ0) is 13.1. The first-order chi connectivity index (χ1) is 8.83. The van der Waals surface area contributed by atoms with Gasteiger partial charge in [-0.05, 0) is 31.4 Å². The third-order valence-electron chi connectivity index (χ3n) is 2.44. The average Bonchev–Trinajstić information content (AvgIpc) is 2.40. The summed E-state index contributed by atoms with van der Waals surface area (Å²) in [6.45, 7) is 1.31. The number of rotatable bonds is 9. The Morgan fingerprint density at radius 2 is 1.94 bits per heavy atom. The van der Waals surface area contributed by atoms with Crippen LogP contribution in [0.5, 0.6) is 5.75 Å². The SMILES string of the molecule is O=C(CCCCBr)NCCCOc1ccccc1. The van der Waals surface area contributed by atoms with Crippen LogP contribution in [0.15, 0.2) is 30.3 Å². The predicted octanol–water partition coefficient (Wildman–Crippen LogP) is 3.14. The maximum Gasteiger partial charge on any atom is 0.219 e. The summed E-state index contributed by atoms with van der Waals surface area (Å²) >= 11 is 3.35. The van der Waals surface area contributed by atoms with Gasteiger partial charge in [-0.2, -0.15) is 0 Å². The molecule has 0 aliphatic rings. The van der Waals surface area contributed by atoms with Gasteiger partial charge in [0.1, 0.15) is 5.75 Å². The molecule has 1 aromatic carbocycles. The van der Waals surface area contributed by atoms with Gasteiger partial charge in [0.15, 0.2) is 0 Å². The van der Waals surface area contributed by atoms with Crippen LogP contribution in [0.1, 0.15) is 25.7 Å². The molecule has 0 saturated carbocycles. The molecule has 1 N–H and O–H groups in total. The maximum absolute atomic E-state index is 11.4. The highest BCUT2D eigenvalue weighted by Crippen LogP contribution is 2.08. The van der Waals surface area contributed by atoms with Crippen molar-refractivity contribution in [2.45, 2.75) is 25.7 Å². The van der Waals surface area contributed by atoms with E-state index in [4.69, 9.17) is 4.74 Å². The van der Waals surface area contributed by atoms with E-state index < -0.39 is 0 Å². The Bertz CT molecular complexity index is 330. The highest BCUT2D eigenvalue weighted by atomic mass is 79.9. The molecule has 0 heterocycles. The molecule has 100 valence electrons. The highest BCUT2D eigenvalue weighted by Gasteiger charge is 1.99. The van der Waals surface area contributed by atoms with Crippen molar-refractivity contribution in [3.8, 4) is 5.75 Å². The monoisotopic (exact) mass is 313 g/mol. The summed E-state index contributed by atoms with van der Waals surface area (Å²) in [7, 11) is 0. The highest BCUT2D eigenvalue weighted by molar-refractivity contribution is 9.09. The molecule has 0 aliphatic heterocycles. The van der Waals surface area contributed by atoms with Crippen LogP contribution in [0.4, 0.5) is 0 Å². The molecular formula is C14H20BrNO2. The Balaban J connectivity index is 1.97. The fourth-order valence-corrected chi connectivity index (χ4v) is 1.87. The lowest BCUT2D eigenvalue weighted by atomic mass is 10.2. The van der Waals surface area contributed by atoms with E-state index in [-0.39, 0.29) is 5.91 Å². The topological polar surface area (TPSA) is 38.3 Å². The fraction of sp³-hybridized carbons (Fsp3) is 0.500. The van der Waals surface area contributed by atoms with Gasteiger partial charge >= 0.3 is 0 Å². The van der Waals surface area contributed by atoms with E-state index >= 15 is 0 Å². The molecule has 18 heavy (non-hydrogen) atoms. The Labute approximate surface area is 117 Å². The molecule has 0 aromatic heterocycles. The molecule has 0 spiro atoms. The van der Waals surface area contributed by atoms with Gasteiger partial charge in [0, 0.05) is 18.3 Å². The molecule has 1 rings (SSSR count). The smallest absolute Gasteiger partial charge is 0.219 e. The lowest BCUT2D eigenvalue weighted by molar-refractivity contribution is -0.121. The third kappa shape index (κ3) is 7.33. The first-order valence-electron chi connectivity index (χ1n) is 6.33. The normalized spacial score (nSPS) is 10.1. The van der Waals surface area contributed by atoms with Crippen molar-refractivity contribution in [2.75, 3.05) is 18.5 Å². The second-order valence-electron chi connectivity index (χ2n) is 4.01. The van der Waals surface area contributed by atoms with Crippen LogP contribution in [-0.2, 0) is 4.79 Å². The minimum Gasteiger partial charge on any atom is -0.494 e. The number of alkyl halides is 1. The predicted molar refractivity (Wildman–Crippen MR) is 77.2 cm³/mol. The van der Waals surface area contributed by atoms with Gasteiger partial charge in [-0.1, -0.05) is 34.1 Å². The Morgan fingerprint density at radius 1 is 1.17 bits per heavy atom. The van der Waals surface area contributed by atoms with Gasteiger partial charge in [0.25, 0.3) is 0 Å². The number of hydrogen-bond donors (Lipinski definition) is 1. The van der Waals surface area contributed by atoms with E-state index in [1.165, 1.54) is 0 Å². The largest absolute Gasteiger partial charge is 0.494 e. The quantitative estimate of drug-likeness (QED) is 0.562. The summed E-state index contributed by atoms with van der Waals surface area (Å²) in [5.74, 6) is 1.01. The molecule has 4 heteroatoms. The summed E-state index contributed by atoms with van der Waals surface area (Å²) in [5.41, 5.74) is 0. The van der Waals surface area contributed by atoms with Gasteiger partial charge in [-0.3, -0.25) is 4.79 Å². The van der Waals surface area contributed by atoms with Gasteiger partial charge < -0.3 is 10.1 Å². The minimum absolute atomic E-state index is 0.135. The number of halogens is 1. The molecule has 0 fully saturated rings. The first-order valence-corrected chi connectivity index (χ1v) is 7.45. The number of benzene rings is 1. The van der Waals surface area contributed by atoms with Crippen LogP contribution < -0.4 is 10.1 Å². The van der Waals surface area contributed by atoms with Crippen molar-refractivity contribution in [1.82, 2.24) is 5.32 Å². The van der Waals surface area contributed by atoms with Gasteiger partial charge in [0.2, 0.25) is 5.91 Å². The van der Waals surface area contributed by atoms with E-state index in [2.05, 4.69) is 21.2 Å². The third-order valence-corrected chi connectivity index (χ3v) is 3.00. The van der Waals surface area contributed by atoms with Crippen molar-refractivity contribution in [3.05, 3.63) is 30.3 Å². The Kier molecular flexibility index (Phi) is 8.30. The van der Waals surface area contributed by atoms with Crippen molar-refractivity contribution in [2.24, 2.45) is 0 Å². The number of hydrogen-bond acceptors (Lipinski definition) is 2. The van der Waals surface area contributed by atoms with E-state index in [1.807, 2.05) is 30.3 Å². The molecule has 0 saturated heterocycles. The van der Waals surface area contributed by atoms with Crippen LogP contribution in [0.25, 0.3) is 0 Å².